The Morgan fingerprint density at radius 3 is 2.33 bits per heavy atom. The summed E-state index contributed by atoms with van der Waals surface area (Å²) in [4.78, 5) is 16.2. The Bertz CT molecular complexity index is 570. The van der Waals surface area contributed by atoms with E-state index in [0.29, 0.717) is 5.56 Å². The van der Waals surface area contributed by atoms with Crippen molar-refractivity contribution >= 4 is 5.91 Å². The van der Waals surface area contributed by atoms with Gasteiger partial charge < -0.3 is 10.4 Å². The molecular weight excluding hydrogens is 264 g/mol. The van der Waals surface area contributed by atoms with E-state index in [1.54, 1.807) is 18.3 Å². The summed E-state index contributed by atoms with van der Waals surface area (Å²) in [5.74, 6) is -0.192. The summed E-state index contributed by atoms with van der Waals surface area (Å²) in [6.45, 7) is 4.07. The number of rotatable bonds is 5. The van der Waals surface area contributed by atoms with E-state index in [2.05, 4.69) is 10.3 Å². The highest BCUT2D eigenvalue weighted by Crippen LogP contribution is 2.22. The predicted molar refractivity (Wildman–Crippen MR) is 81.4 cm³/mol. The van der Waals surface area contributed by atoms with Crippen LogP contribution in [-0.4, -0.2) is 16.0 Å². The van der Waals surface area contributed by atoms with Gasteiger partial charge in [0.25, 0.3) is 5.91 Å². The minimum Gasteiger partial charge on any atom is -0.378 e. The zero-order chi connectivity index (χ0) is 15.2. The molecule has 4 nitrogen and oxygen atoms in total. The van der Waals surface area contributed by atoms with E-state index in [1.165, 1.54) is 6.20 Å². The number of pyridine rings is 1. The van der Waals surface area contributed by atoms with Crippen molar-refractivity contribution in [3.05, 3.63) is 66.0 Å². The molecule has 0 radical (unpaired) electrons. The number of nitrogens with one attached hydrogen (secondary N) is 1. The SMILES string of the molecule is CC(C)[C@H](NC(=O)C(O)c1cccnc1)c1ccccc1. The van der Waals surface area contributed by atoms with E-state index in [0.717, 1.165) is 5.56 Å². The van der Waals surface area contributed by atoms with Crippen LogP contribution in [0.3, 0.4) is 0 Å². The minimum atomic E-state index is -1.20. The number of carbonyl (C=O) groups excluding carboxylic acids is 1. The lowest BCUT2D eigenvalue weighted by molar-refractivity contribution is -0.130. The van der Waals surface area contributed by atoms with Crippen molar-refractivity contribution in [3.8, 4) is 0 Å². The number of aliphatic hydroxyl groups excluding tert-OH is 1. The van der Waals surface area contributed by atoms with E-state index in [1.807, 2.05) is 44.2 Å². The van der Waals surface area contributed by atoms with Gasteiger partial charge in [0.15, 0.2) is 6.10 Å². The minimum absolute atomic E-state index is 0.134. The van der Waals surface area contributed by atoms with Crippen LogP contribution in [0, 0.1) is 5.92 Å². The van der Waals surface area contributed by atoms with Gasteiger partial charge in [0.2, 0.25) is 0 Å². The normalized spacial score (nSPS) is 13.7. The molecule has 0 bridgehead atoms. The highest BCUT2D eigenvalue weighted by Gasteiger charge is 2.23. The molecule has 2 atom stereocenters. The Balaban J connectivity index is 2.12. The summed E-state index contributed by atoms with van der Waals surface area (Å²) < 4.78 is 0. The molecule has 1 amide bonds. The largest absolute Gasteiger partial charge is 0.378 e. The van der Waals surface area contributed by atoms with Crippen molar-refractivity contribution in [2.75, 3.05) is 0 Å². The zero-order valence-electron chi connectivity index (χ0n) is 12.2. The van der Waals surface area contributed by atoms with Gasteiger partial charge in [0.1, 0.15) is 0 Å². The molecule has 2 aromatic rings. The molecular formula is C17H20N2O2. The van der Waals surface area contributed by atoms with Gasteiger partial charge in [0.05, 0.1) is 6.04 Å². The molecule has 21 heavy (non-hydrogen) atoms. The molecule has 2 rings (SSSR count). The first-order valence-corrected chi connectivity index (χ1v) is 7.03. The van der Waals surface area contributed by atoms with Gasteiger partial charge in [-0.1, -0.05) is 50.2 Å². The Morgan fingerprint density at radius 1 is 1.10 bits per heavy atom. The average Bonchev–Trinajstić information content (AvgIpc) is 2.53. The maximum Gasteiger partial charge on any atom is 0.254 e. The Kier molecular flexibility index (Phi) is 5.06. The molecule has 0 aliphatic carbocycles. The molecule has 0 fully saturated rings. The van der Waals surface area contributed by atoms with Gasteiger partial charge >= 0.3 is 0 Å². The Morgan fingerprint density at radius 2 is 1.76 bits per heavy atom. The molecule has 1 aromatic carbocycles. The van der Waals surface area contributed by atoms with Gasteiger partial charge in [-0.05, 0) is 17.5 Å². The van der Waals surface area contributed by atoms with Crippen molar-refractivity contribution in [3.63, 3.8) is 0 Å². The lowest BCUT2D eigenvalue weighted by Gasteiger charge is -2.24. The Labute approximate surface area is 124 Å². The third-order valence-corrected chi connectivity index (χ3v) is 3.37. The molecule has 1 unspecified atom stereocenters. The smallest absolute Gasteiger partial charge is 0.254 e. The van der Waals surface area contributed by atoms with Gasteiger partial charge in [-0.25, -0.2) is 0 Å². The van der Waals surface area contributed by atoms with Gasteiger partial charge in [-0.2, -0.15) is 0 Å². The standard InChI is InChI=1S/C17H20N2O2/c1-12(2)15(13-7-4-3-5-8-13)19-17(21)16(20)14-9-6-10-18-11-14/h3-12,15-16,20H,1-2H3,(H,19,21)/t15-,16?/m0/s1. The predicted octanol–water partition coefficient (Wildman–Crippen LogP) is 2.63. The van der Waals surface area contributed by atoms with Crippen molar-refractivity contribution in [1.82, 2.24) is 10.3 Å². The maximum absolute atomic E-state index is 12.2. The maximum atomic E-state index is 12.2. The number of amides is 1. The fourth-order valence-electron chi connectivity index (χ4n) is 2.22. The molecule has 0 spiro atoms. The fraction of sp³-hybridized carbons (Fsp3) is 0.294. The van der Waals surface area contributed by atoms with Crippen LogP contribution in [0.1, 0.15) is 37.1 Å². The second-order valence-electron chi connectivity index (χ2n) is 5.33. The first-order chi connectivity index (χ1) is 10.1. The van der Waals surface area contributed by atoms with Crippen LogP contribution in [0.5, 0.6) is 0 Å². The van der Waals surface area contributed by atoms with Crippen molar-refractivity contribution < 1.29 is 9.90 Å². The number of benzene rings is 1. The monoisotopic (exact) mass is 284 g/mol. The van der Waals surface area contributed by atoms with E-state index in [4.69, 9.17) is 0 Å². The number of hydrogen-bond acceptors (Lipinski definition) is 3. The lowest BCUT2D eigenvalue weighted by atomic mass is 9.95. The second-order valence-corrected chi connectivity index (χ2v) is 5.33. The molecule has 4 heteroatoms. The van der Waals surface area contributed by atoms with Crippen LogP contribution >= 0.6 is 0 Å². The number of hydrogen-bond donors (Lipinski definition) is 2. The summed E-state index contributed by atoms with van der Waals surface area (Å²) in [6.07, 6.45) is 1.90. The van der Waals surface area contributed by atoms with Crippen molar-refractivity contribution in [2.24, 2.45) is 5.92 Å². The Hall–Kier alpha value is -2.20. The van der Waals surface area contributed by atoms with Crippen molar-refractivity contribution in [1.29, 1.82) is 0 Å². The highest BCUT2D eigenvalue weighted by atomic mass is 16.3. The van der Waals surface area contributed by atoms with Crippen LogP contribution in [0.15, 0.2) is 54.9 Å². The van der Waals surface area contributed by atoms with Crippen LogP contribution in [0.2, 0.25) is 0 Å². The molecule has 2 N–H and O–H groups in total. The quantitative estimate of drug-likeness (QED) is 0.887. The van der Waals surface area contributed by atoms with Crippen LogP contribution < -0.4 is 5.32 Å². The van der Waals surface area contributed by atoms with Gasteiger partial charge in [0, 0.05) is 18.0 Å². The molecule has 0 aliphatic rings. The first kappa shape index (κ1) is 15.2. The van der Waals surface area contributed by atoms with E-state index >= 15 is 0 Å². The topological polar surface area (TPSA) is 62.2 Å². The van der Waals surface area contributed by atoms with Gasteiger partial charge in [-0.3, -0.25) is 9.78 Å². The summed E-state index contributed by atoms with van der Waals surface area (Å²) in [5.41, 5.74) is 1.52. The number of aliphatic hydroxyl groups is 1. The van der Waals surface area contributed by atoms with Gasteiger partial charge in [-0.15, -0.1) is 0 Å². The fourth-order valence-corrected chi connectivity index (χ4v) is 2.22. The summed E-state index contributed by atoms with van der Waals surface area (Å²) in [5, 5.41) is 13.0. The van der Waals surface area contributed by atoms with Crippen LogP contribution in [0.25, 0.3) is 0 Å². The molecule has 1 heterocycles. The van der Waals surface area contributed by atoms with Crippen molar-refractivity contribution in [2.45, 2.75) is 26.0 Å². The lowest BCUT2D eigenvalue weighted by Crippen LogP contribution is -2.35. The number of aromatic nitrogens is 1. The summed E-state index contributed by atoms with van der Waals surface area (Å²) in [7, 11) is 0. The third kappa shape index (κ3) is 3.89. The second kappa shape index (κ2) is 6.99. The average molecular weight is 284 g/mol. The molecule has 110 valence electrons. The molecule has 0 aliphatic heterocycles. The van der Waals surface area contributed by atoms with E-state index in [-0.39, 0.29) is 12.0 Å². The first-order valence-electron chi connectivity index (χ1n) is 7.03. The molecule has 0 saturated heterocycles. The van der Waals surface area contributed by atoms with E-state index < -0.39 is 12.0 Å². The van der Waals surface area contributed by atoms with E-state index in [9.17, 15) is 9.90 Å². The third-order valence-electron chi connectivity index (χ3n) is 3.37. The zero-order valence-corrected chi connectivity index (χ0v) is 12.2. The molecule has 1 aromatic heterocycles. The highest BCUT2D eigenvalue weighted by molar-refractivity contribution is 5.82. The summed E-state index contributed by atoms with van der Waals surface area (Å²) in [6, 6.07) is 13.0. The summed E-state index contributed by atoms with van der Waals surface area (Å²) >= 11 is 0. The van der Waals surface area contributed by atoms with Crippen LogP contribution in [-0.2, 0) is 4.79 Å². The number of nitrogens with zero attached hydrogens (tertiary/aromatic N) is 1. The molecule has 0 saturated carbocycles. The number of carbonyl (C=O) groups is 1. The van der Waals surface area contributed by atoms with Crippen LogP contribution in [0.4, 0.5) is 0 Å².